The number of ether oxygens (including phenoxy) is 1. The molecule has 4 rings (SSSR count). The molecule has 0 aromatic heterocycles. The molecule has 0 atom stereocenters. The number of thioether (sulfide) groups is 2. The van der Waals surface area contributed by atoms with Gasteiger partial charge in [-0.2, -0.15) is 0 Å². The summed E-state index contributed by atoms with van der Waals surface area (Å²) in [6.07, 6.45) is 0.441. The maximum atomic E-state index is 12.4. The van der Waals surface area contributed by atoms with Crippen molar-refractivity contribution in [3.05, 3.63) is 82.4 Å². The molecule has 39 heavy (non-hydrogen) atoms. The second-order valence-corrected chi connectivity index (χ2v) is 12.6. The molecule has 0 bridgehead atoms. The molecule has 0 spiro atoms. The van der Waals surface area contributed by atoms with Gasteiger partial charge in [0.05, 0.1) is 0 Å². The number of rotatable bonds is 14. The van der Waals surface area contributed by atoms with Crippen LogP contribution in [0.25, 0.3) is 0 Å². The van der Waals surface area contributed by atoms with Crippen molar-refractivity contribution in [1.82, 2.24) is 9.80 Å². The Balaban J connectivity index is 1.62. The fourth-order valence-corrected chi connectivity index (χ4v) is 7.06. The SMILES string of the molecule is CCN(CC)CCSc1ccc2c(c1)Oc1cc(SCCN(CC)CC)ccc1C2(O)Cc1ccc(Cl)cc1. The van der Waals surface area contributed by atoms with E-state index in [1.54, 1.807) is 0 Å². The Morgan fingerprint density at radius 1 is 0.718 bits per heavy atom. The van der Waals surface area contributed by atoms with Crippen LogP contribution in [0.4, 0.5) is 0 Å². The van der Waals surface area contributed by atoms with Gasteiger partial charge in [-0.3, -0.25) is 0 Å². The molecular formula is C32H41ClN2O2S2. The lowest BCUT2D eigenvalue weighted by molar-refractivity contribution is 0.0697. The van der Waals surface area contributed by atoms with Gasteiger partial charge in [0.15, 0.2) is 0 Å². The largest absolute Gasteiger partial charge is 0.456 e. The molecule has 4 nitrogen and oxygen atoms in total. The van der Waals surface area contributed by atoms with Gasteiger partial charge < -0.3 is 19.6 Å². The fraction of sp³-hybridized carbons (Fsp3) is 0.438. The zero-order valence-electron chi connectivity index (χ0n) is 23.6. The maximum absolute atomic E-state index is 12.4. The summed E-state index contributed by atoms with van der Waals surface area (Å²) in [5.74, 6) is 3.49. The predicted octanol–water partition coefficient (Wildman–Crippen LogP) is 7.79. The quantitative estimate of drug-likeness (QED) is 0.195. The van der Waals surface area contributed by atoms with Crippen LogP contribution in [-0.2, 0) is 12.0 Å². The molecule has 0 unspecified atom stereocenters. The molecule has 0 amide bonds. The third-order valence-corrected chi connectivity index (χ3v) is 9.73. The first-order chi connectivity index (χ1) is 18.9. The molecule has 210 valence electrons. The second-order valence-electron chi connectivity index (χ2n) is 9.83. The van der Waals surface area contributed by atoms with Gasteiger partial charge in [-0.15, -0.1) is 23.5 Å². The lowest BCUT2D eigenvalue weighted by Crippen LogP contribution is -2.33. The van der Waals surface area contributed by atoms with Gasteiger partial charge >= 0.3 is 0 Å². The topological polar surface area (TPSA) is 35.9 Å². The molecule has 0 radical (unpaired) electrons. The molecule has 1 aliphatic rings. The summed E-state index contributed by atoms with van der Waals surface area (Å²) < 4.78 is 6.52. The Morgan fingerprint density at radius 3 is 1.62 bits per heavy atom. The maximum Gasteiger partial charge on any atom is 0.135 e. The van der Waals surface area contributed by atoms with Crippen molar-refractivity contribution in [3.8, 4) is 11.5 Å². The van der Waals surface area contributed by atoms with E-state index < -0.39 is 5.60 Å². The zero-order valence-corrected chi connectivity index (χ0v) is 26.0. The van der Waals surface area contributed by atoms with Crippen LogP contribution in [-0.4, -0.2) is 65.7 Å². The van der Waals surface area contributed by atoms with Gasteiger partial charge in [0.25, 0.3) is 0 Å². The van der Waals surface area contributed by atoms with Crippen molar-refractivity contribution in [1.29, 1.82) is 0 Å². The van der Waals surface area contributed by atoms with E-state index in [0.29, 0.717) is 11.4 Å². The molecule has 0 aliphatic carbocycles. The summed E-state index contributed by atoms with van der Waals surface area (Å²) in [5, 5.41) is 13.1. The summed E-state index contributed by atoms with van der Waals surface area (Å²) in [6, 6.07) is 20.2. The summed E-state index contributed by atoms with van der Waals surface area (Å²) in [7, 11) is 0. The van der Waals surface area contributed by atoms with E-state index in [-0.39, 0.29) is 0 Å². The fourth-order valence-electron chi connectivity index (χ4n) is 5.05. The molecule has 0 fully saturated rings. The van der Waals surface area contributed by atoms with E-state index in [4.69, 9.17) is 16.3 Å². The second kappa shape index (κ2) is 14.3. The van der Waals surface area contributed by atoms with Gasteiger partial charge in [0, 0.05) is 57.0 Å². The number of hydrogen-bond acceptors (Lipinski definition) is 6. The van der Waals surface area contributed by atoms with Crippen molar-refractivity contribution in [2.45, 2.75) is 49.5 Å². The average molecular weight is 585 g/mol. The lowest BCUT2D eigenvalue weighted by atomic mass is 9.79. The van der Waals surface area contributed by atoms with Crippen LogP contribution in [0.3, 0.4) is 0 Å². The van der Waals surface area contributed by atoms with Crippen molar-refractivity contribution in [2.24, 2.45) is 0 Å². The third-order valence-electron chi connectivity index (χ3n) is 7.53. The van der Waals surface area contributed by atoms with E-state index in [1.165, 1.54) is 0 Å². The van der Waals surface area contributed by atoms with Crippen LogP contribution in [0.15, 0.2) is 70.5 Å². The van der Waals surface area contributed by atoms with Gasteiger partial charge in [-0.1, -0.05) is 63.6 Å². The van der Waals surface area contributed by atoms with Crippen LogP contribution >= 0.6 is 35.1 Å². The molecule has 0 saturated carbocycles. The highest BCUT2D eigenvalue weighted by molar-refractivity contribution is 7.99. The minimum atomic E-state index is -1.20. The summed E-state index contributed by atoms with van der Waals surface area (Å²) in [4.78, 5) is 7.18. The van der Waals surface area contributed by atoms with E-state index in [0.717, 1.165) is 88.8 Å². The van der Waals surface area contributed by atoms with Crippen molar-refractivity contribution < 1.29 is 9.84 Å². The number of hydrogen-bond donors (Lipinski definition) is 1. The summed E-state index contributed by atoms with van der Waals surface area (Å²) in [5.41, 5.74) is 1.43. The number of fused-ring (bicyclic) bond motifs is 2. The highest BCUT2D eigenvalue weighted by atomic mass is 35.5. The smallest absolute Gasteiger partial charge is 0.135 e. The summed E-state index contributed by atoms with van der Waals surface area (Å²) >= 11 is 9.82. The van der Waals surface area contributed by atoms with Gasteiger partial charge in [0.1, 0.15) is 17.1 Å². The van der Waals surface area contributed by atoms with Gasteiger partial charge in [-0.05, 0) is 68.1 Å². The Labute approximate surface area is 248 Å². The number of halogens is 1. The highest BCUT2D eigenvalue weighted by Crippen LogP contribution is 2.50. The van der Waals surface area contributed by atoms with E-state index in [2.05, 4.69) is 61.8 Å². The van der Waals surface area contributed by atoms with Crippen LogP contribution in [0.5, 0.6) is 11.5 Å². The normalized spacial score (nSPS) is 13.8. The van der Waals surface area contributed by atoms with Crippen LogP contribution < -0.4 is 4.74 Å². The average Bonchev–Trinajstić information content (AvgIpc) is 2.94. The van der Waals surface area contributed by atoms with Crippen LogP contribution in [0.2, 0.25) is 5.02 Å². The molecule has 1 heterocycles. The number of nitrogens with zero attached hydrogens (tertiary/aromatic N) is 2. The van der Waals surface area contributed by atoms with E-state index in [9.17, 15) is 5.11 Å². The first-order valence-corrected chi connectivity index (χ1v) is 16.4. The molecule has 1 N–H and O–H groups in total. The van der Waals surface area contributed by atoms with Crippen molar-refractivity contribution in [2.75, 3.05) is 50.8 Å². The zero-order chi connectivity index (χ0) is 27.8. The molecular weight excluding hydrogens is 544 g/mol. The predicted molar refractivity (Wildman–Crippen MR) is 168 cm³/mol. The number of aliphatic hydroxyl groups is 1. The lowest BCUT2D eigenvalue weighted by Gasteiger charge is -2.36. The Kier molecular flexibility index (Phi) is 11.1. The highest BCUT2D eigenvalue weighted by Gasteiger charge is 2.41. The van der Waals surface area contributed by atoms with Gasteiger partial charge in [0.2, 0.25) is 0 Å². The van der Waals surface area contributed by atoms with E-state index in [1.807, 2.05) is 59.9 Å². The van der Waals surface area contributed by atoms with Crippen molar-refractivity contribution in [3.63, 3.8) is 0 Å². The van der Waals surface area contributed by atoms with Crippen molar-refractivity contribution >= 4 is 35.1 Å². The minimum absolute atomic E-state index is 0.441. The first-order valence-electron chi connectivity index (χ1n) is 14.0. The van der Waals surface area contributed by atoms with Gasteiger partial charge in [-0.25, -0.2) is 0 Å². The van der Waals surface area contributed by atoms with Crippen LogP contribution in [0.1, 0.15) is 44.4 Å². The summed E-state index contributed by atoms with van der Waals surface area (Å²) in [6.45, 7) is 15.2. The van der Waals surface area contributed by atoms with Crippen LogP contribution in [0, 0.1) is 0 Å². The molecule has 0 saturated heterocycles. The standard InChI is InChI=1S/C32H41ClN2O2S2/c1-5-34(6-2)17-19-38-26-13-15-28-30(21-26)37-31-22-27(39-20-18-35(7-3)8-4)14-16-29(31)32(28,36)23-24-9-11-25(33)12-10-24/h9-16,21-22,36H,5-8,17-20,23H2,1-4H3. The Hall–Kier alpha value is -1.67. The Bertz CT molecular complexity index is 1150. The third kappa shape index (κ3) is 7.55. The number of benzene rings is 3. The Morgan fingerprint density at radius 2 is 1.18 bits per heavy atom. The molecule has 3 aromatic carbocycles. The first kappa shape index (κ1) is 30.3. The molecule has 1 aliphatic heterocycles. The molecule has 7 heteroatoms. The monoisotopic (exact) mass is 584 g/mol. The minimum Gasteiger partial charge on any atom is -0.456 e. The van der Waals surface area contributed by atoms with E-state index >= 15 is 0 Å². The molecule has 3 aromatic rings.